The van der Waals surface area contributed by atoms with E-state index in [0.29, 0.717) is 30.4 Å². The predicted molar refractivity (Wildman–Crippen MR) is 262 cm³/mol. The molecule has 1 aliphatic heterocycles. The Morgan fingerprint density at radius 3 is 1.94 bits per heavy atom. The molecule has 0 bridgehead atoms. The molecule has 8 aromatic rings. The summed E-state index contributed by atoms with van der Waals surface area (Å²) in [6.45, 7) is 7.39. The van der Waals surface area contributed by atoms with E-state index in [1.54, 1.807) is 24.3 Å². The lowest BCUT2D eigenvalue weighted by Gasteiger charge is -2.37. The standard InChI is InChI=1S/C58H49BF6N2O/c1-5-38(33-37-21-27-44(28-22-37)57(60,61)62)51(40-16-9-7-10-17-40)36(3)52(43-25-31-48-50(34-43)68-49-32-26-39-15-13-14-20-47(39)54(48)49)56-53(41-18-11-8-12-19-41)46(6-2)55(67(56)59(4)35-66)42-23-29-45(30-24-42)58(63,64)65/h7-32,34,38,46,51,55H,5-6,33H2,1-4H3/b52-36+. The third kappa shape index (κ3) is 8.60. The van der Waals surface area contributed by atoms with Crippen LogP contribution in [0.25, 0.3) is 43.9 Å². The summed E-state index contributed by atoms with van der Waals surface area (Å²) in [6, 6.07) is 48.8. The van der Waals surface area contributed by atoms with Crippen molar-refractivity contribution in [3.63, 3.8) is 0 Å². The van der Waals surface area contributed by atoms with Crippen molar-refractivity contribution in [2.45, 2.75) is 71.2 Å². The number of halogens is 6. The zero-order chi connectivity index (χ0) is 47.9. The molecule has 0 saturated carbocycles. The van der Waals surface area contributed by atoms with Crippen molar-refractivity contribution in [3.05, 3.63) is 214 Å². The maximum atomic E-state index is 14.1. The fraction of sp³-hybridized carbons (Fsp3) is 0.224. The number of fused-ring (bicyclic) bond motifs is 5. The van der Waals surface area contributed by atoms with Gasteiger partial charge in [0.2, 0.25) is 0 Å². The van der Waals surface area contributed by atoms with Gasteiger partial charge in [0.05, 0.1) is 17.2 Å². The van der Waals surface area contributed by atoms with Crippen LogP contribution in [0.3, 0.4) is 0 Å². The normalized spacial score (nSPS) is 16.9. The van der Waals surface area contributed by atoms with Gasteiger partial charge in [0.25, 0.3) is 0 Å². The molecule has 0 saturated heterocycles. The fourth-order valence-corrected chi connectivity index (χ4v) is 10.8. The molecule has 342 valence electrons. The summed E-state index contributed by atoms with van der Waals surface area (Å²) in [4.78, 5) is 2.12. The van der Waals surface area contributed by atoms with E-state index in [-0.39, 0.29) is 17.8 Å². The average molecular weight is 915 g/mol. The Morgan fingerprint density at radius 2 is 1.32 bits per heavy atom. The van der Waals surface area contributed by atoms with Crippen LogP contribution in [-0.2, 0) is 18.8 Å². The summed E-state index contributed by atoms with van der Waals surface area (Å²) in [5, 5.41) is 15.1. The second-order valence-corrected chi connectivity index (χ2v) is 17.9. The minimum Gasteiger partial charge on any atom is -0.456 e. The number of alkyl halides is 6. The summed E-state index contributed by atoms with van der Waals surface area (Å²) >= 11 is 0. The van der Waals surface area contributed by atoms with Gasteiger partial charge in [-0.25, -0.2) is 5.26 Å². The molecule has 0 radical (unpaired) electrons. The number of allylic oxidation sites excluding steroid dienone is 2. The van der Waals surface area contributed by atoms with Crippen LogP contribution in [0.5, 0.6) is 0 Å². The molecule has 9 rings (SSSR count). The van der Waals surface area contributed by atoms with Gasteiger partial charge in [0.1, 0.15) is 11.2 Å². The summed E-state index contributed by atoms with van der Waals surface area (Å²) in [7, 11) is 0. The molecule has 7 aromatic carbocycles. The van der Waals surface area contributed by atoms with Gasteiger partial charge in [-0.1, -0.05) is 154 Å². The lowest BCUT2D eigenvalue weighted by Crippen LogP contribution is -2.38. The number of benzene rings is 7. The molecule has 0 N–H and O–H groups in total. The zero-order valence-electron chi connectivity index (χ0n) is 38.2. The zero-order valence-corrected chi connectivity index (χ0v) is 38.2. The molecule has 1 aliphatic rings. The predicted octanol–water partition coefficient (Wildman–Crippen LogP) is 16.8. The molecular weight excluding hydrogens is 865 g/mol. The number of rotatable bonds is 12. The van der Waals surface area contributed by atoms with Crippen LogP contribution in [0, 0.1) is 23.1 Å². The summed E-state index contributed by atoms with van der Waals surface area (Å²) < 4.78 is 90.2. The largest absolute Gasteiger partial charge is 0.456 e. The van der Waals surface area contributed by atoms with Crippen molar-refractivity contribution >= 4 is 50.7 Å². The topological polar surface area (TPSA) is 40.2 Å². The number of furan rings is 1. The van der Waals surface area contributed by atoms with Crippen LogP contribution in [-0.4, -0.2) is 11.7 Å². The van der Waals surface area contributed by atoms with Gasteiger partial charge < -0.3 is 9.23 Å². The van der Waals surface area contributed by atoms with E-state index in [4.69, 9.17) is 4.42 Å². The third-order valence-corrected chi connectivity index (χ3v) is 14.0. The Kier molecular flexibility index (Phi) is 12.6. The van der Waals surface area contributed by atoms with Gasteiger partial charge >= 0.3 is 19.2 Å². The first-order valence-corrected chi connectivity index (χ1v) is 23.1. The highest BCUT2D eigenvalue weighted by Crippen LogP contribution is 2.56. The van der Waals surface area contributed by atoms with Crippen molar-refractivity contribution in [1.29, 1.82) is 5.26 Å². The molecule has 0 amide bonds. The van der Waals surface area contributed by atoms with Crippen LogP contribution in [0.15, 0.2) is 179 Å². The van der Waals surface area contributed by atoms with Crippen LogP contribution in [0.4, 0.5) is 26.3 Å². The Hall–Kier alpha value is -6.99. The second kappa shape index (κ2) is 18.6. The smallest absolute Gasteiger partial charge is 0.416 e. The van der Waals surface area contributed by atoms with Crippen molar-refractivity contribution in [2.75, 3.05) is 0 Å². The van der Waals surface area contributed by atoms with Crippen molar-refractivity contribution < 1.29 is 30.8 Å². The van der Waals surface area contributed by atoms with Crippen molar-refractivity contribution in [3.8, 4) is 5.97 Å². The van der Waals surface area contributed by atoms with E-state index in [0.717, 1.165) is 96.1 Å². The van der Waals surface area contributed by atoms with Crippen molar-refractivity contribution in [1.82, 2.24) is 4.81 Å². The van der Waals surface area contributed by atoms with E-state index in [1.807, 2.05) is 67.5 Å². The SMILES string of the molecule is CCC(Cc1ccc(C(F)(F)F)cc1)C(/C(C)=C(/C1=C(c2ccccc2)C(CC)C(c2ccc(C(F)(F)F)cc2)N1B(C)C#N)c1ccc2c(c1)oc1ccc3ccccc3c12)c1ccccc1. The first-order valence-electron chi connectivity index (χ1n) is 23.1. The summed E-state index contributed by atoms with van der Waals surface area (Å²) in [6.07, 6.45) is -7.25. The molecule has 10 heteroatoms. The van der Waals surface area contributed by atoms with E-state index in [2.05, 4.69) is 86.1 Å². The van der Waals surface area contributed by atoms with Gasteiger partial charge in [0, 0.05) is 39.8 Å². The maximum absolute atomic E-state index is 14.1. The molecule has 3 nitrogen and oxygen atoms in total. The van der Waals surface area contributed by atoms with E-state index < -0.39 is 36.4 Å². The molecule has 68 heavy (non-hydrogen) atoms. The van der Waals surface area contributed by atoms with Crippen molar-refractivity contribution in [2.24, 2.45) is 11.8 Å². The van der Waals surface area contributed by atoms with Gasteiger partial charge in [-0.15, -0.1) is 0 Å². The first kappa shape index (κ1) is 46.1. The number of nitrogens with zero attached hydrogens (tertiary/aromatic N) is 2. The number of hydrogen-bond acceptors (Lipinski definition) is 3. The minimum atomic E-state index is -4.53. The second-order valence-electron chi connectivity index (χ2n) is 17.9. The molecule has 0 fully saturated rings. The Balaban J connectivity index is 1.36. The van der Waals surface area contributed by atoms with Gasteiger partial charge in [0.15, 0.2) is 0 Å². The fourth-order valence-electron chi connectivity index (χ4n) is 10.8. The van der Waals surface area contributed by atoms with Crippen LogP contribution < -0.4 is 0 Å². The van der Waals surface area contributed by atoms with Gasteiger partial charge in [-0.05, 0) is 112 Å². The molecule has 4 atom stereocenters. The highest BCUT2D eigenvalue weighted by molar-refractivity contribution is 6.63. The molecule has 4 unspecified atom stereocenters. The molecular formula is C58H49BF6N2O. The highest BCUT2D eigenvalue weighted by Gasteiger charge is 2.46. The molecule has 2 heterocycles. The van der Waals surface area contributed by atoms with E-state index >= 15 is 0 Å². The quantitative estimate of drug-likeness (QED) is 0.0906. The van der Waals surface area contributed by atoms with Crippen LogP contribution >= 0.6 is 0 Å². The Bertz CT molecular complexity index is 3200. The van der Waals surface area contributed by atoms with Crippen LogP contribution in [0.1, 0.15) is 84.5 Å². The van der Waals surface area contributed by atoms with E-state index in [1.165, 1.54) is 0 Å². The monoisotopic (exact) mass is 914 g/mol. The first-order chi connectivity index (χ1) is 32.7. The number of hydrogen-bond donors (Lipinski definition) is 0. The van der Waals surface area contributed by atoms with Gasteiger partial charge in [-0.3, -0.25) is 0 Å². The summed E-state index contributed by atoms with van der Waals surface area (Å²) in [5.41, 5.74) is 7.72. The molecule has 0 aliphatic carbocycles. The maximum Gasteiger partial charge on any atom is 0.416 e. The minimum absolute atomic E-state index is 0.109. The van der Waals surface area contributed by atoms with Crippen LogP contribution in [0.2, 0.25) is 6.82 Å². The molecule has 1 aromatic heterocycles. The van der Waals surface area contributed by atoms with Gasteiger partial charge in [-0.2, -0.15) is 26.3 Å². The summed E-state index contributed by atoms with van der Waals surface area (Å²) in [5.74, 6) is 1.86. The lowest BCUT2D eigenvalue weighted by atomic mass is 9.63. The molecule has 0 spiro atoms. The van der Waals surface area contributed by atoms with E-state index in [9.17, 15) is 31.6 Å². The third-order valence-electron chi connectivity index (χ3n) is 14.0. The highest BCUT2D eigenvalue weighted by atomic mass is 19.4. The Morgan fingerprint density at radius 1 is 0.706 bits per heavy atom. The number of nitriles is 1. The average Bonchev–Trinajstić information content (AvgIpc) is 3.90. The Labute approximate surface area is 393 Å². The lowest BCUT2D eigenvalue weighted by molar-refractivity contribution is -0.138.